The summed E-state index contributed by atoms with van der Waals surface area (Å²) < 4.78 is 5.99. The summed E-state index contributed by atoms with van der Waals surface area (Å²) in [6.07, 6.45) is 6.00. The average Bonchev–Trinajstić information content (AvgIpc) is 3.08. The summed E-state index contributed by atoms with van der Waals surface area (Å²) >= 11 is 6.02. The predicted octanol–water partition coefficient (Wildman–Crippen LogP) is 6.29. The minimum atomic E-state index is -0.0559. The maximum absolute atomic E-state index is 13.4. The van der Waals surface area contributed by atoms with Gasteiger partial charge in [0.2, 0.25) is 5.88 Å². The first-order chi connectivity index (χ1) is 15.5. The third-order valence-electron chi connectivity index (χ3n) is 7.52. The van der Waals surface area contributed by atoms with E-state index in [0.717, 1.165) is 36.8 Å². The number of rotatable bonds is 3. The standard InChI is InChI=1S/C26H23ClN2O3/c1-13-2-8-17(32-21-12-28-20-10-16(27)7-9-19(20)29-21)11-18(13)24-25(30)22-14-3-4-15(6-5-14)23(22)26(24)31/h2,7-12,14-15,22-23,30H,3-6H2,1H3/t14-,15+,22?,23?. The Morgan fingerprint density at radius 1 is 1.00 bits per heavy atom. The molecule has 6 heteroatoms. The van der Waals surface area contributed by atoms with Gasteiger partial charge in [-0.15, -0.1) is 0 Å². The Morgan fingerprint density at radius 2 is 1.75 bits per heavy atom. The Hall–Kier alpha value is -2.92. The molecular formula is C26H23ClN2O3. The lowest BCUT2D eigenvalue weighted by molar-refractivity contribution is -0.123. The SMILES string of the molecule is Cc1ccc(Oc2cnc3cc(Cl)ccc3n2)cc1C1=C(O)C2C(C1=O)[C@H]1CC[C@@H]2CC1. The van der Waals surface area contributed by atoms with Gasteiger partial charge in [0.15, 0.2) is 5.78 Å². The molecule has 2 aromatic carbocycles. The third kappa shape index (κ3) is 3.02. The van der Waals surface area contributed by atoms with E-state index in [1.54, 1.807) is 24.4 Å². The van der Waals surface area contributed by atoms with Gasteiger partial charge >= 0.3 is 0 Å². The maximum atomic E-state index is 13.4. The smallest absolute Gasteiger partial charge is 0.238 e. The molecule has 32 heavy (non-hydrogen) atoms. The van der Waals surface area contributed by atoms with Crippen LogP contribution in [0.3, 0.4) is 0 Å². The fraction of sp³-hybridized carbons (Fsp3) is 0.346. The minimum absolute atomic E-state index is 0.00727. The molecule has 7 rings (SSSR count). The molecule has 2 atom stereocenters. The van der Waals surface area contributed by atoms with Crippen molar-refractivity contribution in [2.24, 2.45) is 23.7 Å². The molecule has 162 valence electrons. The molecule has 1 aromatic heterocycles. The number of allylic oxidation sites excluding steroid dienone is 2. The largest absolute Gasteiger partial charge is 0.511 e. The van der Waals surface area contributed by atoms with E-state index in [1.807, 2.05) is 25.1 Å². The normalized spacial score (nSPS) is 26.6. The van der Waals surface area contributed by atoms with Crippen LogP contribution in [0.4, 0.5) is 0 Å². The zero-order chi connectivity index (χ0) is 22.0. The average molecular weight is 447 g/mol. The Bertz CT molecular complexity index is 1290. The van der Waals surface area contributed by atoms with Crippen LogP contribution in [0.25, 0.3) is 16.6 Å². The highest BCUT2D eigenvalue weighted by Gasteiger charge is 2.54. The molecule has 0 spiro atoms. The van der Waals surface area contributed by atoms with Crippen LogP contribution in [0, 0.1) is 30.6 Å². The first-order valence-corrected chi connectivity index (χ1v) is 11.6. The van der Waals surface area contributed by atoms with Crippen molar-refractivity contribution in [1.29, 1.82) is 0 Å². The number of ketones is 1. The number of hydrogen-bond acceptors (Lipinski definition) is 5. The van der Waals surface area contributed by atoms with E-state index in [0.29, 0.717) is 45.1 Å². The van der Waals surface area contributed by atoms with Gasteiger partial charge in [-0.05, 0) is 85.9 Å². The van der Waals surface area contributed by atoms with E-state index in [4.69, 9.17) is 16.3 Å². The van der Waals surface area contributed by atoms with Crippen LogP contribution < -0.4 is 4.74 Å². The number of carbonyl (C=O) groups is 1. The maximum Gasteiger partial charge on any atom is 0.238 e. The highest BCUT2D eigenvalue weighted by Crippen LogP contribution is 2.57. The summed E-state index contributed by atoms with van der Waals surface area (Å²) in [4.78, 5) is 22.3. The molecule has 3 fully saturated rings. The zero-order valence-corrected chi connectivity index (χ0v) is 18.5. The van der Waals surface area contributed by atoms with Gasteiger partial charge in [-0.1, -0.05) is 17.7 Å². The third-order valence-corrected chi connectivity index (χ3v) is 7.76. The van der Waals surface area contributed by atoms with Crippen LogP contribution in [0.2, 0.25) is 5.02 Å². The lowest BCUT2D eigenvalue weighted by Gasteiger charge is -2.44. The fourth-order valence-corrected chi connectivity index (χ4v) is 6.19. The lowest BCUT2D eigenvalue weighted by atomic mass is 9.59. The number of fused-ring (bicyclic) bond motifs is 3. The highest BCUT2D eigenvalue weighted by atomic mass is 35.5. The van der Waals surface area contributed by atoms with Gasteiger partial charge in [-0.2, -0.15) is 0 Å². The topological polar surface area (TPSA) is 72.3 Å². The Kier molecular flexibility index (Phi) is 4.51. The van der Waals surface area contributed by atoms with Crippen LogP contribution in [0.1, 0.15) is 36.8 Å². The van der Waals surface area contributed by atoms with Crippen molar-refractivity contribution in [3.05, 3.63) is 64.5 Å². The molecule has 2 bridgehead atoms. The van der Waals surface area contributed by atoms with Crippen LogP contribution in [0.5, 0.6) is 11.6 Å². The number of hydrogen-bond donors (Lipinski definition) is 1. The van der Waals surface area contributed by atoms with Crippen molar-refractivity contribution >= 4 is 34.0 Å². The monoisotopic (exact) mass is 446 g/mol. The van der Waals surface area contributed by atoms with Gasteiger partial charge in [0, 0.05) is 16.9 Å². The molecule has 2 unspecified atom stereocenters. The molecule has 0 amide bonds. The molecule has 0 saturated heterocycles. The number of nitrogens with zero attached hydrogens (tertiary/aromatic N) is 2. The molecule has 4 aliphatic rings. The first kappa shape index (κ1) is 19.7. The number of aryl methyl sites for hydroxylation is 1. The Morgan fingerprint density at radius 3 is 2.50 bits per heavy atom. The van der Waals surface area contributed by atoms with E-state index >= 15 is 0 Å². The summed E-state index contributed by atoms with van der Waals surface area (Å²) in [5.74, 6) is 2.07. The van der Waals surface area contributed by atoms with Gasteiger partial charge in [-0.25, -0.2) is 9.97 Å². The summed E-state index contributed by atoms with van der Waals surface area (Å²) in [6.45, 7) is 1.96. The summed E-state index contributed by atoms with van der Waals surface area (Å²) in [5.41, 5.74) is 3.56. The van der Waals surface area contributed by atoms with E-state index in [9.17, 15) is 9.90 Å². The van der Waals surface area contributed by atoms with Crippen LogP contribution in [-0.2, 0) is 4.79 Å². The minimum Gasteiger partial charge on any atom is -0.511 e. The lowest BCUT2D eigenvalue weighted by Crippen LogP contribution is -2.41. The number of Topliss-reactive ketones (excluding diaryl/α,β-unsaturated/α-hetero) is 1. The van der Waals surface area contributed by atoms with Gasteiger partial charge in [0.1, 0.15) is 11.5 Å². The number of aromatic nitrogens is 2. The number of carbonyl (C=O) groups excluding carboxylic acids is 1. The van der Waals surface area contributed by atoms with Crippen LogP contribution in [0.15, 0.2) is 48.4 Å². The number of ether oxygens (including phenoxy) is 1. The van der Waals surface area contributed by atoms with Crippen molar-refractivity contribution in [3.8, 4) is 11.6 Å². The van der Waals surface area contributed by atoms with E-state index < -0.39 is 0 Å². The predicted molar refractivity (Wildman–Crippen MR) is 123 cm³/mol. The molecule has 3 saturated carbocycles. The number of benzene rings is 2. The fourth-order valence-electron chi connectivity index (χ4n) is 6.02. The van der Waals surface area contributed by atoms with Crippen molar-refractivity contribution in [2.75, 3.05) is 0 Å². The van der Waals surface area contributed by atoms with E-state index in [2.05, 4.69) is 9.97 Å². The van der Waals surface area contributed by atoms with Crippen molar-refractivity contribution in [2.45, 2.75) is 32.6 Å². The number of halogens is 1. The van der Waals surface area contributed by atoms with Gasteiger partial charge in [0.05, 0.1) is 22.8 Å². The molecule has 1 N–H and O–H groups in total. The Balaban J connectivity index is 1.35. The molecule has 0 aliphatic heterocycles. The van der Waals surface area contributed by atoms with Crippen LogP contribution >= 0.6 is 11.6 Å². The second-order valence-electron chi connectivity index (χ2n) is 9.27. The molecule has 1 heterocycles. The highest BCUT2D eigenvalue weighted by molar-refractivity contribution is 6.31. The summed E-state index contributed by atoms with van der Waals surface area (Å²) in [5, 5.41) is 11.8. The molecule has 0 radical (unpaired) electrons. The zero-order valence-electron chi connectivity index (χ0n) is 17.7. The first-order valence-electron chi connectivity index (χ1n) is 11.2. The van der Waals surface area contributed by atoms with Gasteiger partial charge in [0.25, 0.3) is 0 Å². The quantitative estimate of drug-likeness (QED) is 0.512. The molecular weight excluding hydrogens is 424 g/mol. The number of aliphatic hydroxyl groups excluding tert-OH is 1. The molecule has 4 aliphatic carbocycles. The Labute approximate surface area is 191 Å². The van der Waals surface area contributed by atoms with Crippen molar-refractivity contribution in [1.82, 2.24) is 9.97 Å². The second-order valence-corrected chi connectivity index (χ2v) is 9.71. The molecule has 3 aromatic rings. The summed E-state index contributed by atoms with van der Waals surface area (Å²) in [7, 11) is 0. The number of aliphatic hydroxyl groups is 1. The van der Waals surface area contributed by atoms with E-state index in [1.165, 1.54) is 0 Å². The summed E-state index contributed by atoms with van der Waals surface area (Å²) in [6, 6.07) is 10.9. The van der Waals surface area contributed by atoms with Crippen molar-refractivity contribution in [3.63, 3.8) is 0 Å². The second kappa shape index (κ2) is 7.31. The molecule has 5 nitrogen and oxygen atoms in total. The van der Waals surface area contributed by atoms with Crippen LogP contribution in [-0.4, -0.2) is 20.9 Å². The van der Waals surface area contributed by atoms with Crippen molar-refractivity contribution < 1.29 is 14.6 Å². The van der Waals surface area contributed by atoms with Gasteiger partial charge < -0.3 is 9.84 Å². The van der Waals surface area contributed by atoms with E-state index in [-0.39, 0.29) is 23.4 Å². The van der Waals surface area contributed by atoms with Gasteiger partial charge in [-0.3, -0.25) is 4.79 Å².